The lowest BCUT2D eigenvalue weighted by Crippen LogP contribution is -2.53. The molecule has 3 rings (SSSR count). The fourth-order valence-electron chi connectivity index (χ4n) is 3.37. The molecule has 0 unspecified atom stereocenters. The van der Waals surface area contributed by atoms with Crippen molar-refractivity contribution in [1.29, 1.82) is 0 Å². The van der Waals surface area contributed by atoms with Crippen LogP contribution < -0.4 is 0 Å². The first-order valence-electron chi connectivity index (χ1n) is 8.32. The molecule has 0 saturated carbocycles. The number of hydrogen-bond donors (Lipinski definition) is 0. The van der Waals surface area contributed by atoms with Gasteiger partial charge in [-0.25, -0.2) is 8.42 Å². The number of hydrogen-bond acceptors (Lipinski definition) is 4. The van der Waals surface area contributed by atoms with E-state index in [-0.39, 0.29) is 0 Å². The monoisotopic (exact) mass is 338 g/mol. The molecule has 0 radical (unpaired) electrons. The van der Waals surface area contributed by atoms with Crippen molar-refractivity contribution in [2.24, 2.45) is 5.41 Å². The van der Waals surface area contributed by atoms with Crippen molar-refractivity contribution in [3.63, 3.8) is 0 Å². The molecule has 2 fully saturated rings. The Balaban J connectivity index is 1.70. The minimum absolute atomic E-state index is 0.399. The second kappa shape index (κ2) is 6.51. The van der Waals surface area contributed by atoms with Gasteiger partial charge >= 0.3 is 0 Å². The number of sulfonamides is 1. The molecule has 6 heteroatoms. The summed E-state index contributed by atoms with van der Waals surface area (Å²) in [5.41, 5.74) is 1.50. The molecule has 5 nitrogen and oxygen atoms in total. The average molecular weight is 338 g/mol. The van der Waals surface area contributed by atoms with Crippen LogP contribution in [0.5, 0.6) is 0 Å². The maximum atomic E-state index is 12.7. The second-order valence-corrected chi connectivity index (χ2v) is 8.91. The molecule has 0 spiro atoms. The van der Waals surface area contributed by atoms with Crippen LogP contribution in [0.3, 0.4) is 0 Å². The molecule has 2 aliphatic heterocycles. The van der Waals surface area contributed by atoms with Crippen molar-refractivity contribution in [3.05, 3.63) is 29.8 Å². The first-order chi connectivity index (χ1) is 10.9. The predicted octanol–water partition coefficient (Wildman–Crippen LogP) is 1.94. The van der Waals surface area contributed by atoms with E-state index in [1.54, 1.807) is 6.07 Å². The first-order valence-corrected chi connectivity index (χ1v) is 9.76. The van der Waals surface area contributed by atoms with Crippen molar-refractivity contribution in [2.45, 2.75) is 31.7 Å². The largest absolute Gasteiger partial charge is 0.379 e. The summed E-state index contributed by atoms with van der Waals surface area (Å²) in [7, 11) is -3.40. The summed E-state index contributed by atoms with van der Waals surface area (Å²) in [4.78, 5) is 2.78. The van der Waals surface area contributed by atoms with Crippen molar-refractivity contribution in [2.75, 3.05) is 39.4 Å². The molecule has 1 aromatic carbocycles. The molecular weight excluding hydrogens is 312 g/mol. The van der Waals surface area contributed by atoms with Gasteiger partial charge in [0.25, 0.3) is 0 Å². The van der Waals surface area contributed by atoms with Gasteiger partial charge < -0.3 is 4.74 Å². The number of ether oxygens (including phenoxy) is 1. The van der Waals surface area contributed by atoms with Crippen molar-refractivity contribution in [3.8, 4) is 0 Å². The molecule has 0 N–H and O–H groups in total. The zero-order chi connectivity index (χ0) is 16.5. The smallest absolute Gasteiger partial charge is 0.243 e. The van der Waals surface area contributed by atoms with Crippen LogP contribution in [-0.2, 0) is 21.3 Å². The molecule has 2 saturated heterocycles. The van der Waals surface area contributed by atoms with E-state index in [1.807, 2.05) is 18.2 Å². The standard InChI is InChI=1S/C17H26N2O3S/c1-3-17(2)13-18(14-17)12-15-5-4-6-16(11-15)23(20,21)19-7-9-22-10-8-19/h4-6,11H,3,7-10,12-14H2,1-2H3. The maximum Gasteiger partial charge on any atom is 0.243 e. The number of rotatable bonds is 5. The lowest BCUT2D eigenvalue weighted by molar-refractivity contribution is 0.00617. The van der Waals surface area contributed by atoms with Crippen LogP contribution in [0.1, 0.15) is 25.8 Å². The molecule has 0 atom stereocenters. The topological polar surface area (TPSA) is 49.9 Å². The quantitative estimate of drug-likeness (QED) is 0.823. The number of likely N-dealkylation sites (tertiary alicyclic amines) is 1. The molecule has 0 aliphatic carbocycles. The van der Waals surface area contributed by atoms with Crippen LogP contribution in [0, 0.1) is 5.41 Å². The van der Waals surface area contributed by atoms with E-state index in [9.17, 15) is 8.42 Å². The molecule has 1 aromatic rings. The molecule has 23 heavy (non-hydrogen) atoms. The van der Waals surface area contributed by atoms with E-state index >= 15 is 0 Å². The number of morpholine rings is 1. The molecule has 0 amide bonds. The van der Waals surface area contributed by atoms with Gasteiger partial charge in [-0.1, -0.05) is 26.0 Å². The summed E-state index contributed by atoms with van der Waals surface area (Å²) in [6, 6.07) is 7.38. The molecule has 0 aromatic heterocycles. The molecule has 2 aliphatic rings. The molecular formula is C17H26N2O3S. The van der Waals surface area contributed by atoms with Crippen LogP contribution in [0.15, 0.2) is 29.2 Å². The highest BCUT2D eigenvalue weighted by molar-refractivity contribution is 7.89. The molecule has 0 bridgehead atoms. The van der Waals surface area contributed by atoms with Gasteiger partial charge in [-0.3, -0.25) is 4.90 Å². The summed E-state index contributed by atoms with van der Waals surface area (Å²) in [6.07, 6.45) is 1.19. The third kappa shape index (κ3) is 3.60. The Hall–Kier alpha value is -0.950. The summed E-state index contributed by atoms with van der Waals surface area (Å²) in [6.45, 7) is 9.36. The van der Waals surface area contributed by atoms with Gasteiger partial charge in [0.05, 0.1) is 18.1 Å². The lowest BCUT2D eigenvalue weighted by atomic mass is 9.79. The maximum absolute atomic E-state index is 12.7. The number of benzene rings is 1. The third-order valence-electron chi connectivity index (χ3n) is 4.98. The summed E-state index contributed by atoms with van der Waals surface area (Å²) >= 11 is 0. The van der Waals surface area contributed by atoms with Crippen LogP contribution in [0.4, 0.5) is 0 Å². The van der Waals surface area contributed by atoms with Gasteiger partial charge in [-0.2, -0.15) is 4.31 Å². The predicted molar refractivity (Wildman–Crippen MR) is 89.7 cm³/mol. The minimum atomic E-state index is -3.40. The minimum Gasteiger partial charge on any atom is -0.379 e. The van der Waals surface area contributed by atoms with Gasteiger partial charge in [0.1, 0.15) is 0 Å². The fraction of sp³-hybridized carbons (Fsp3) is 0.647. The number of nitrogens with zero attached hydrogens (tertiary/aromatic N) is 2. The Morgan fingerprint density at radius 2 is 1.91 bits per heavy atom. The van der Waals surface area contributed by atoms with Gasteiger partial charge in [0.15, 0.2) is 0 Å². The van der Waals surface area contributed by atoms with Crippen LogP contribution in [0.2, 0.25) is 0 Å². The zero-order valence-corrected chi connectivity index (χ0v) is 14.8. The van der Waals surface area contributed by atoms with Crippen molar-refractivity contribution >= 4 is 10.0 Å². The second-order valence-electron chi connectivity index (χ2n) is 6.97. The van der Waals surface area contributed by atoms with Crippen molar-refractivity contribution in [1.82, 2.24) is 9.21 Å². The molecule has 2 heterocycles. The molecule has 128 valence electrons. The Kier molecular flexibility index (Phi) is 4.78. The van der Waals surface area contributed by atoms with Crippen LogP contribution in [0.25, 0.3) is 0 Å². The highest BCUT2D eigenvalue weighted by atomic mass is 32.2. The van der Waals surface area contributed by atoms with E-state index in [0.29, 0.717) is 36.6 Å². The SMILES string of the molecule is CCC1(C)CN(Cc2cccc(S(=O)(=O)N3CCOCC3)c2)C1. The van der Waals surface area contributed by atoms with Crippen LogP contribution >= 0.6 is 0 Å². The van der Waals surface area contributed by atoms with E-state index in [0.717, 1.165) is 25.2 Å². The first kappa shape index (κ1) is 16.9. The Bertz CT molecular complexity index is 648. The highest BCUT2D eigenvalue weighted by Gasteiger charge is 2.36. The van der Waals surface area contributed by atoms with E-state index < -0.39 is 10.0 Å². The Labute approximate surface area is 139 Å². The zero-order valence-electron chi connectivity index (χ0n) is 14.0. The summed E-state index contributed by atoms with van der Waals surface area (Å²) in [5.74, 6) is 0. The van der Waals surface area contributed by atoms with Gasteiger partial charge in [-0.15, -0.1) is 0 Å². The Morgan fingerprint density at radius 3 is 2.57 bits per heavy atom. The fourth-order valence-corrected chi connectivity index (χ4v) is 4.85. The normalized spacial score (nSPS) is 22.7. The van der Waals surface area contributed by atoms with Crippen LogP contribution in [-0.4, -0.2) is 57.0 Å². The van der Waals surface area contributed by atoms with Gasteiger partial charge in [-0.05, 0) is 29.5 Å². The van der Waals surface area contributed by atoms with Gasteiger partial charge in [0, 0.05) is 32.7 Å². The van der Waals surface area contributed by atoms with Crippen molar-refractivity contribution < 1.29 is 13.2 Å². The summed E-state index contributed by atoms with van der Waals surface area (Å²) in [5, 5.41) is 0. The van der Waals surface area contributed by atoms with E-state index in [2.05, 4.69) is 18.7 Å². The lowest BCUT2D eigenvalue weighted by Gasteiger charge is -2.48. The summed E-state index contributed by atoms with van der Waals surface area (Å²) < 4.78 is 32.2. The average Bonchev–Trinajstić information content (AvgIpc) is 2.54. The Morgan fingerprint density at radius 1 is 1.22 bits per heavy atom. The van der Waals surface area contributed by atoms with E-state index in [4.69, 9.17) is 4.74 Å². The van der Waals surface area contributed by atoms with Gasteiger partial charge in [0.2, 0.25) is 10.0 Å². The highest BCUT2D eigenvalue weighted by Crippen LogP contribution is 2.34. The van der Waals surface area contributed by atoms with E-state index in [1.165, 1.54) is 10.7 Å². The third-order valence-corrected chi connectivity index (χ3v) is 6.87.